The van der Waals surface area contributed by atoms with Gasteiger partial charge in [-0.15, -0.1) is 0 Å². The van der Waals surface area contributed by atoms with Gasteiger partial charge in [-0.3, -0.25) is 15.3 Å². The molecule has 0 radical (unpaired) electrons. The van der Waals surface area contributed by atoms with E-state index in [4.69, 9.17) is 11.1 Å². The maximum atomic E-state index is 7.59. The number of nitrogens with zero attached hydrogens (tertiary/aromatic N) is 2. The summed E-state index contributed by atoms with van der Waals surface area (Å²) in [5, 5.41) is 7.59. The van der Waals surface area contributed by atoms with Crippen molar-refractivity contribution in [3.05, 3.63) is 29.6 Å². The van der Waals surface area contributed by atoms with Crippen molar-refractivity contribution in [1.82, 2.24) is 9.88 Å². The molecular formula is C14H22N4. The molecule has 2 heterocycles. The quantitative estimate of drug-likeness (QED) is 0.634. The number of hydrogen-bond donors (Lipinski definition) is 2. The van der Waals surface area contributed by atoms with Crippen LogP contribution in [0.4, 0.5) is 0 Å². The summed E-state index contributed by atoms with van der Waals surface area (Å²) < 4.78 is 0. The fraction of sp³-hybridized carbons (Fsp3) is 0.571. The molecule has 0 bridgehead atoms. The second-order valence-electron chi connectivity index (χ2n) is 5.23. The Labute approximate surface area is 109 Å². The van der Waals surface area contributed by atoms with E-state index in [1.165, 1.54) is 19.3 Å². The lowest BCUT2D eigenvalue weighted by Crippen LogP contribution is -2.43. The van der Waals surface area contributed by atoms with Gasteiger partial charge in [0.25, 0.3) is 0 Å². The number of piperidine rings is 1. The normalized spacial score (nSPS) is 25.0. The maximum absolute atomic E-state index is 7.59. The average Bonchev–Trinajstić information content (AvgIpc) is 2.34. The number of aromatic nitrogens is 1. The van der Waals surface area contributed by atoms with Crippen LogP contribution < -0.4 is 5.73 Å². The van der Waals surface area contributed by atoms with E-state index in [1.807, 2.05) is 12.1 Å². The third-order valence-corrected chi connectivity index (χ3v) is 3.88. The number of amidine groups is 1. The largest absolute Gasteiger partial charge is 0.382 e. The number of hydrogen-bond acceptors (Lipinski definition) is 3. The monoisotopic (exact) mass is 246 g/mol. The third-order valence-electron chi connectivity index (χ3n) is 3.88. The van der Waals surface area contributed by atoms with Crippen LogP contribution in [0, 0.1) is 5.41 Å². The highest BCUT2D eigenvalue weighted by Gasteiger charge is 2.25. The zero-order valence-electron chi connectivity index (χ0n) is 11.2. The van der Waals surface area contributed by atoms with E-state index in [2.05, 4.69) is 23.7 Å². The Bertz CT molecular complexity index is 420. The Balaban J connectivity index is 2.20. The van der Waals surface area contributed by atoms with Gasteiger partial charge >= 0.3 is 0 Å². The molecule has 1 aliphatic heterocycles. The van der Waals surface area contributed by atoms with Gasteiger partial charge < -0.3 is 5.73 Å². The van der Waals surface area contributed by atoms with Crippen LogP contribution in [0.5, 0.6) is 0 Å². The summed E-state index contributed by atoms with van der Waals surface area (Å²) in [6, 6.07) is 5.13. The number of pyridine rings is 1. The minimum absolute atomic E-state index is 0.0583. The standard InChI is InChI=1S/C14H22N4/c1-10-5-3-6-11(2)18(10)9-12-7-4-8-17-13(12)14(15)16/h4,7-8,10-11H,3,5-6,9H2,1-2H3,(H3,15,16)/t10-,11+. The van der Waals surface area contributed by atoms with E-state index in [9.17, 15) is 0 Å². The van der Waals surface area contributed by atoms with E-state index in [0.717, 1.165) is 12.1 Å². The summed E-state index contributed by atoms with van der Waals surface area (Å²) in [5.41, 5.74) is 7.28. The van der Waals surface area contributed by atoms with Crippen molar-refractivity contribution >= 4 is 5.84 Å². The first kappa shape index (κ1) is 13.0. The van der Waals surface area contributed by atoms with Gasteiger partial charge in [0.2, 0.25) is 0 Å². The second-order valence-corrected chi connectivity index (χ2v) is 5.23. The predicted octanol–water partition coefficient (Wildman–Crippen LogP) is 2.13. The highest BCUT2D eigenvalue weighted by molar-refractivity contribution is 5.94. The van der Waals surface area contributed by atoms with E-state index in [0.29, 0.717) is 17.8 Å². The molecule has 0 spiro atoms. The molecule has 0 saturated carbocycles. The Kier molecular flexibility index (Phi) is 3.97. The lowest BCUT2D eigenvalue weighted by molar-refractivity contribution is 0.0951. The molecule has 1 aromatic heterocycles. The van der Waals surface area contributed by atoms with E-state index in [1.54, 1.807) is 6.20 Å². The van der Waals surface area contributed by atoms with E-state index >= 15 is 0 Å². The smallest absolute Gasteiger partial charge is 0.142 e. The number of nitrogen functional groups attached to an aromatic ring is 1. The molecule has 0 unspecified atom stereocenters. The molecule has 18 heavy (non-hydrogen) atoms. The zero-order valence-corrected chi connectivity index (χ0v) is 11.2. The van der Waals surface area contributed by atoms with Crippen LogP contribution in [0.1, 0.15) is 44.4 Å². The Morgan fingerprint density at radius 2 is 2.11 bits per heavy atom. The summed E-state index contributed by atoms with van der Waals surface area (Å²) in [7, 11) is 0. The minimum atomic E-state index is 0.0583. The van der Waals surface area contributed by atoms with Crippen molar-refractivity contribution in [3.63, 3.8) is 0 Å². The summed E-state index contributed by atoms with van der Waals surface area (Å²) in [6.45, 7) is 5.39. The van der Waals surface area contributed by atoms with Crippen LogP contribution in [0.25, 0.3) is 0 Å². The topological polar surface area (TPSA) is 66.0 Å². The average molecular weight is 246 g/mol. The van der Waals surface area contributed by atoms with Crippen molar-refractivity contribution in [1.29, 1.82) is 5.41 Å². The highest BCUT2D eigenvalue weighted by Crippen LogP contribution is 2.25. The Morgan fingerprint density at radius 3 is 2.72 bits per heavy atom. The number of likely N-dealkylation sites (tertiary alicyclic amines) is 1. The second kappa shape index (κ2) is 5.48. The Hall–Kier alpha value is -1.42. The van der Waals surface area contributed by atoms with Gasteiger partial charge in [0.15, 0.2) is 0 Å². The van der Waals surface area contributed by atoms with Crippen molar-refractivity contribution in [3.8, 4) is 0 Å². The molecule has 4 heteroatoms. The SMILES string of the molecule is C[C@@H]1CCC[C@H](C)N1Cc1cccnc1C(=N)N. The first-order chi connectivity index (χ1) is 8.59. The maximum Gasteiger partial charge on any atom is 0.142 e. The molecule has 0 amide bonds. The van der Waals surface area contributed by atoms with Crippen molar-refractivity contribution in [2.75, 3.05) is 0 Å². The molecule has 1 saturated heterocycles. The predicted molar refractivity (Wildman–Crippen MR) is 73.6 cm³/mol. The Morgan fingerprint density at radius 1 is 1.44 bits per heavy atom. The molecule has 0 aromatic carbocycles. The van der Waals surface area contributed by atoms with Crippen molar-refractivity contribution in [2.45, 2.75) is 51.7 Å². The molecule has 1 aliphatic rings. The van der Waals surface area contributed by atoms with Gasteiger partial charge in [-0.1, -0.05) is 12.5 Å². The van der Waals surface area contributed by atoms with E-state index in [-0.39, 0.29) is 5.84 Å². The first-order valence-electron chi connectivity index (χ1n) is 6.63. The molecule has 1 fully saturated rings. The van der Waals surface area contributed by atoms with Gasteiger partial charge in [-0.2, -0.15) is 0 Å². The summed E-state index contributed by atoms with van der Waals surface area (Å²) in [5.74, 6) is 0.0583. The van der Waals surface area contributed by atoms with Gasteiger partial charge in [-0.25, -0.2) is 0 Å². The minimum Gasteiger partial charge on any atom is -0.382 e. The fourth-order valence-corrected chi connectivity index (χ4v) is 2.79. The van der Waals surface area contributed by atoms with Gasteiger partial charge in [-0.05, 0) is 38.3 Å². The van der Waals surface area contributed by atoms with E-state index < -0.39 is 0 Å². The van der Waals surface area contributed by atoms with Crippen LogP contribution in [0.15, 0.2) is 18.3 Å². The number of nitrogens with two attached hydrogens (primary N) is 1. The molecule has 2 atom stereocenters. The van der Waals surface area contributed by atoms with Gasteiger partial charge in [0.05, 0.1) is 0 Å². The van der Waals surface area contributed by atoms with Crippen LogP contribution in [-0.4, -0.2) is 27.8 Å². The molecule has 2 rings (SSSR count). The molecular weight excluding hydrogens is 224 g/mol. The number of nitrogens with one attached hydrogen (secondary N) is 1. The van der Waals surface area contributed by atoms with Crippen molar-refractivity contribution in [2.24, 2.45) is 5.73 Å². The van der Waals surface area contributed by atoms with Crippen LogP contribution >= 0.6 is 0 Å². The lowest BCUT2D eigenvalue weighted by atomic mass is 9.96. The highest BCUT2D eigenvalue weighted by atomic mass is 15.2. The molecule has 1 aromatic rings. The lowest BCUT2D eigenvalue weighted by Gasteiger charge is -2.39. The molecule has 98 valence electrons. The molecule has 4 nitrogen and oxygen atoms in total. The van der Waals surface area contributed by atoms with Crippen LogP contribution in [0.3, 0.4) is 0 Å². The molecule has 0 aliphatic carbocycles. The number of rotatable bonds is 3. The zero-order chi connectivity index (χ0) is 13.1. The van der Waals surface area contributed by atoms with Gasteiger partial charge in [0, 0.05) is 24.8 Å². The third kappa shape index (κ3) is 2.70. The fourth-order valence-electron chi connectivity index (χ4n) is 2.79. The summed E-state index contributed by atoms with van der Waals surface area (Å²) >= 11 is 0. The van der Waals surface area contributed by atoms with Crippen LogP contribution in [0.2, 0.25) is 0 Å². The summed E-state index contributed by atoms with van der Waals surface area (Å²) in [6.07, 6.45) is 5.51. The summed E-state index contributed by atoms with van der Waals surface area (Å²) in [4.78, 5) is 6.71. The molecule has 3 N–H and O–H groups in total. The van der Waals surface area contributed by atoms with Gasteiger partial charge in [0.1, 0.15) is 11.5 Å². The first-order valence-corrected chi connectivity index (χ1v) is 6.63. The van der Waals surface area contributed by atoms with Crippen molar-refractivity contribution < 1.29 is 0 Å². The van der Waals surface area contributed by atoms with Crippen LogP contribution in [-0.2, 0) is 6.54 Å².